The minimum absolute atomic E-state index is 0.0576. The summed E-state index contributed by atoms with van der Waals surface area (Å²) in [6, 6.07) is 16.9. The molecule has 6 heteroatoms. The van der Waals surface area contributed by atoms with Crippen molar-refractivity contribution in [2.75, 3.05) is 0 Å². The number of aryl methyl sites for hydroxylation is 2. The van der Waals surface area contributed by atoms with Gasteiger partial charge in [0, 0.05) is 19.3 Å². The Morgan fingerprint density at radius 3 is 2.63 bits per heavy atom. The number of hydrogen-bond donors (Lipinski definition) is 1. The van der Waals surface area contributed by atoms with Gasteiger partial charge in [0.2, 0.25) is 5.91 Å². The van der Waals surface area contributed by atoms with Gasteiger partial charge in [0.25, 0.3) is 0 Å². The zero-order chi connectivity index (χ0) is 25.2. The molecule has 1 aromatic heterocycles. The van der Waals surface area contributed by atoms with Gasteiger partial charge in [-0.05, 0) is 78.4 Å². The Kier molecular flexibility index (Phi) is 9.91. The first-order valence-electron chi connectivity index (χ1n) is 12.1. The highest BCUT2D eigenvalue weighted by molar-refractivity contribution is 7.12. The topological polar surface area (TPSA) is 63.2 Å². The highest BCUT2D eigenvalue weighted by atomic mass is 32.1. The molecule has 4 nitrogen and oxygen atoms in total. The van der Waals surface area contributed by atoms with E-state index in [0.717, 1.165) is 24.0 Å². The highest BCUT2D eigenvalue weighted by Gasteiger charge is 2.22. The summed E-state index contributed by atoms with van der Waals surface area (Å²) in [4.78, 5) is 35.3. The molecule has 0 bridgehead atoms. The molecule has 184 valence electrons. The average Bonchev–Trinajstić information content (AvgIpc) is 3.46. The maximum atomic E-state index is 13.1. The second-order valence-electron chi connectivity index (χ2n) is 8.77. The van der Waals surface area contributed by atoms with Crippen molar-refractivity contribution in [1.82, 2.24) is 5.32 Å². The fraction of sp³-hybridized carbons (Fsp3) is 0.345. The van der Waals surface area contributed by atoms with Crippen LogP contribution in [0.4, 0.5) is 4.39 Å². The molecule has 4 rings (SSSR count). The Bertz CT molecular complexity index is 1170. The van der Waals surface area contributed by atoms with E-state index in [0.29, 0.717) is 37.0 Å². The van der Waals surface area contributed by atoms with Gasteiger partial charge in [0.15, 0.2) is 5.78 Å². The molecule has 1 atom stereocenters. The molecule has 3 aromatic rings. The van der Waals surface area contributed by atoms with Gasteiger partial charge in [0.05, 0.1) is 10.9 Å². The average molecular weight is 494 g/mol. The van der Waals surface area contributed by atoms with Crippen molar-refractivity contribution in [2.45, 2.75) is 64.8 Å². The number of fused-ring (bicyclic) bond motifs is 1. The Morgan fingerprint density at radius 1 is 1.09 bits per heavy atom. The molecule has 1 aliphatic carbocycles. The molecule has 2 aromatic carbocycles. The lowest BCUT2D eigenvalue weighted by molar-refractivity contribution is -0.121. The normalized spacial score (nSPS) is 14.0. The number of ketones is 2. The van der Waals surface area contributed by atoms with E-state index in [1.165, 1.54) is 41.5 Å². The van der Waals surface area contributed by atoms with E-state index >= 15 is 0 Å². The van der Waals surface area contributed by atoms with Crippen LogP contribution in [0.5, 0.6) is 0 Å². The third kappa shape index (κ3) is 7.96. The third-order valence-electron chi connectivity index (χ3n) is 5.99. The Morgan fingerprint density at radius 2 is 1.89 bits per heavy atom. The van der Waals surface area contributed by atoms with Crippen LogP contribution in [0.1, 0.15) is 77.5 Å². The summed E-state index contributed by atoms with van der Waals surface area (Å²) in [6.45, 7) is 3.41. The monoisotopic (exact) mass is 493 g/mol. The predicted octanol–water partition coefficient (Wildman–Crippen LogP) is 6.42. The Balaban J connectivity index is 0.000000211. The van der Waals surface area contributed by atoms with E-state index in [1.54, 1.807) is 6.07 Å². The summed E-state index contributed by atoms with van der Waals surface area (Å²) < 4.78 is 13.1. The van der Waals surface area contributed by atoms with Crippen LogP contribution in [0, 0.1) is 5.82 Å². The number of thiophene rings is 1. The molecule has 0 fully saturated rings. The molecule has 1 heterocycles. The second-order valence-corrected chi connectivity index (χ2v) is 9.69. The molecule has 1 amide bonds. The summed E-state index contributed by atoms with van der Waals surface area (Å²) >= 11 is 1.39. The number of carbonyl (C=O) groups is 3. The van der Waals surface area contributed by atoms with Gasteiger partial charge in [-0.3, -0.25) is 14.4 Å². The van der Waals surface area contributed by atoms with Gasteiger partial charge in [-0.2, -0.15) is 0 Å². The SMILES string of the molecule is CC(=O)Cc1ccsc1C(=O)CCCc1cccc(F)c1.CCC(=O)NC1CCc2ccccc21. The van der Waals surface area contributed by atoms with E-state index in [2.05, 4.69) is 23.5 Å². The maximum Gasteiger partial charge on any atom is 0.220 e. The fourth-order valence-electron chi connectivity index (χ4n) is 4.25. The summed E-state index contributed by atoms with van der Waals surface area (Å²) in [7, 11) is 0. The van der Waals surface area contributed by atoms with Crippen LogP contribution >= 0.6 is 11.3 Å². The third-order valence-corrected chi connectivity index (χ3v) is 6.98. The van der Waals surface area contributed by atoms with E-state index in [1.807, 2.05) is 30.5 Å². The number of hydrogen-bond acceptors (Lipinski definition) is 4. The number of benzene rings is 2. The second kappa shape index (κ2) is 13.1. The van der Waals surface area contributed by atoms with Gasteiger partial charge < -0.3 is 5.32 Å². The largest absolute Gasteiger partial charge is 0.349 e. The molecular formula is C29H32FNO3S. The van der Waals surface area contributed by atoms with Crippen LogP contribution in [0.2, 0.25) is 0 Å². The smallest absolute Gasteiger partial charge is 0.220 e. The lowest BCUT2D eigenvalue weighted by Gasteiger charge is -2.12. The van der Waals surface area contributed by atoms with Crippen molar-refractivity contribution in [1.29, 1.82) is 0 Å². The highest BCUT2D eigenvalue weighted by Crippen LogP contribution is 2.30. The summed E-state index contributed by atoms with van der Waals surface area (Å²) in [6.07, 6.45) is 4.79. The van der Waals surface area contributed by atoms with Crippen molar-refractivity contribution >= 4 is 28.8 Å². The van der Waals surface area contributed by atoms with E-state index in [9.17, 15) is 18.8 Å². The first-order chi connectivity index (χ1) is 16.9. The van der Waals surface area contributed by atoms with Crippen LogP contribution in [0.3, 0.4) is 0 Å². The van der Waals surface area contributed by atoms with Crippen molar-refractivity contribution < 1.29 is 18.8 Å². The van der Waals surface area contributed by atoms with Crippen LogP contribution in [0.25, 0.3) is 0 Å². The zero-order valence-electron chi connectivity index (χ0n) is 20.3. The van der Waals surface area contributed by atoms with Crippen molar-refractivity contribution in [3.63, 3.8) is 0 Å². The molecule has 0 saturated heterocycles. The lowest BCUT2D eigenvalue weighted by atomic mass is 10.0. The number of carbonyl (C=O) groups excluding carboxylic acids is 3. The summed E-state index contributed by atoms with van der Waals surface area (Å²) in [5, 5.41) is 4.89. The number of amides is 1. The minimum Gasteiger partial charge on any atom is -0.349 e. The Labute approximate surface area is 210 Å². The van der Waals surface area contributed by atoms with Crippen LogP contribution in [0.15, 0.2) is 60.0 Å². The first-order valence-corrected chi connectivity index (χ1v) is 13.0. The van der Waals surface area contributed by atoms with Gasteiger partial charge in [-0.1, -0.05) is 43.3 Å². The molecule has 1 aliphatic rings. The molecule has 1 N–H and O–H groups in total. The molecular weight excluding hydrogens is 461 g/mol. The number of halogens is 1. The number of nitrogens with one attached hydrogen (secondary N) is 1. The standard InChI is InChI=1S/C17H17FO2S.C12H15NO/c1-12(19)10-14-8-9-21-17(14)16(20)7-3-5-13-4-2-6-15(18)11-13;1-2-12(14)13-11-8-7-9-5-3-4-6-10(9)11/h2,4,6,8-9,11H,3,5,7,10H2,1H3;3-6,11H,2,7-8H2,1H3,(H,13,14). The van der Waals surface area contributed by atoms with Gasteiger partial charge in [-0.15, -0.1) is 11.3 Å². The van der Waals surface area contributed by atoms with Gasteiger partial charge >= 0.3 is 0 Å². The van der Waals surface area contributed by atoms with Gasteiger partial charge in [-0.25, -0.2) is 4.39 Å². The minimum atomic E-state index is -0.249. The van der Waals surface area contributed by atoms with Gasteiger partial charge in [0.1, 0.15) is 11.6 Å². The summed E-state index contributed by atoms with van der Waals surface area (Å²) in [5.74, 6) is 0.0207. The van der Waals surface area contributed by atoms with Crippen molar-refractivity contribution in [2.24, 2.45) is 0 Å². The lowest BCUT2D eigenvalue weighted by Crippen LogP contribution is -2.26. The Hall–Kier alpha value is -3.12. The summed E-state index contributed by atoms with van der Waals surface area (Å²) in [5.41, 5.74) is 4.41. The maximum absolute atomic E-state index is 13.1. The van der Waals surface area contributed by atoms with Crippen LogP contribution in [-0.4, -0.2) is 17.5 Å². The molecule has 1 unspecified atom stereocenters. The first kappa shape index (κ1) is 26.5. The van der Waals surface area contributed by atoms with Crippen LogP contribution in [-0.2, 0) is 28.9 Å². The van der Waals surface area contributed by atoms with Crippen molar-refractivity contribution in [3.05, 3.63) is 92.9 Å². The predicted molar refractivity (Wildman–Crippen MR) is 138 cm³/mol. The fourth-order valence-corrected chi connectivity index (χ4v) is 5.14. The molecule has 0 aliphatic heterocycles. The number of Topliss-reactive ketones (excluding diaryl/α,β-unsaturated/α-hetero) is 2. The zero-order valence-corrected chi connectivity index (χ0v) is 21.1. The van der Waals surface area contributed by atoms with Crippen molar-refractivity contribution in [3.8, 4) is 0 Å². The van der Waals surface area contributed by atoms with E-state index < -0.39 is 0 Å². The number of rotatable bonds is 9. The quantitative estimate of drug-likeness (QED) is 0.350. The molecule has 0 radical (unpaired) electrons. The van der Waals surface area contributed by atoms with E-state index in [4.69, 9.17) is 0 Å². The molecule has 0 spiro atoms. The molecule has 0 saturated carbocycles. The van der Waals surface area contributed by atoms with Crippen LogP contribution < -0.4 is 5.32 Å². The van der Waals surface area contributed by atoms with E-state index in [-0.39, 0.29) is 29.3 Å². The molecule has 35 heavy (non-hydrogen) atoms.